The van der Waals surface area contributed by atoms with Crippen LogP contribution in [-0.2, 0) is 11.2 Å². The minimum absolute atomic E-state index is 0.0238. The summed E-state index contributed by atoms with van der Waals surface area (Å²) in [4.78, 5) is 12.1. The van der Waals surface area contributed by atoms with E-state index in [4.69, 9.17) is 25.8 Å². The molecule has 0 aromatic heterocycles. The first-order chi connectivity index (χ1) is 13.4. The highest BCUT2D eigenvalue weighted by atomic mass is 35.5. The fraction of sp³-hybridized carbons (Fsp3) is 0.318. The molecule has 0 aliphatic heterocycles. The number of nitrogens with one attached hydrogen (secondary N) is 1. The van der Waals surface area contributed by atoms with Crippen LogP contribution < -0.4 is 19.5 Å². The Morgan fingerprint density at radius 2 is 1.86 bits per heavy atom. The first-order valence-corrected chi connectivity index (χ1v) is 9.43. The van der Waals surface area contributed by atoms with Crippen molar-refractivity contribution in [3.05, 3.63) is 58.6 Å². The molecule has 150 valence electrons. The number of hydrogen-bond acceptors (Lipinski definition) is 4. The van der Waals surface area contributed by atoms with Gasteiger partial charge in [0.25, 0.3) is 0 Å². The molecule has 0 fully saturated rings. The molecule has 0 aliphatic carbocycles. The number of hydrogen-bond donors (Lipinski definition) is 1. The lowest BCUT2D eigenvalue weighted by atomic mass is 10.1. The Balaban J connectivity index is 1.92. The minimum Gasteiger partial charge on any atom is -0.497 e. The number of carbonyl (C=O) groups is 1. The van der Waals surface area contributed by atoms with Gasteiger partial charge in [-0.05, 0) is 61.7 Å². The summed E-state index contributed by atoms with van der Waals surface area (Å²) in [5, 5.41) is 3.30. The van der Waals surface area contributed by atoms with Crippen molar-refractivity contribution in [3.63, 3.8) is 0 Å². The van der Waals surface area contributed by atoms with Gasteiger partial charge in [0.1, 0.15) is 5.75 Å². The Morgan fingerprint density at radius 3 is 2.46 bits per heavy atom. The molecule has 1 amide bonds. The van der Waals surface area contributed by atoms with Crippen LogP contribution in [0.4, 0.5) is 0 Å². The molecule has 0 radical (unpaired) electrons. The molecule has 28 heavy (non-hydrogen) atoms. The second-order valence-corrected chi connectivity index (χ2v) is 6.83. The van der Waals surface area contributed by atoms with Crippen LogP contribution >= 0.6 is 11.6 Å². The predicted octanol–water partition coefficient (Wildman–Crippen LogP) is 4.52. The lowest BCUT2D eigenvalue weighted by Crippen LogP contribution is -2.23. The van der Waals surface area contributed by atoms with E-state index in [1.54, 1.807) is 32.4 Å². The summed E-state index contributed by atoms with van der Waals surface area (Å²) in [5.74, 6) is 1.67. The highest BCUT2D eigenvalue weighted by Crippen LogP contribution is 2.37. The molecule has 0 saturated carbocycles. The van der Waals surface area contributed by atoms with Gasteiger partial charge in [0.05, 0.1) is 25.3 Å². The molecule has 2 aromatic rings. The molecule has 2 aromatic carbocycles. The molecule has 0 unspecified atom stereocenters. The SMILES string of the molecule is COc1ccc(CCNC(=O)/C=C/c2cc(Cl)c(OC(C)C)c(OC)c2)cc1. The van der Waals surface area contributed by atoms with Crippen LogP contribution in [0, 0.1) is 0 Å². The molecule has 0 saturated heterocycles. The van der Waals surface area contributed by atoms with Crippen molar-refractivity contribution in [1.82, 2.24) is 5.32 Å². The van der Waals surface area contributed by atoms with E-state index in [0.717, 1.165) is 23.3 Å². The number of amides is 1. The van der Waals surface area contributed by atoms with Crippen molar-refractivity contribution in [2.24, 2.45) is 0 Å². The topological polar surface area (TPSA) is 56.8 Å². The van der Waals surface area contributed by atoms with Crippen LogP contribution in [-0.4, -0.2) is 32.8 Å². The maximum Gasteiger partial charge on any atom is 0.244 e. The number of methoxy groups -OCH3 is 2. The van der Waals surface area contributed by atoms with E-state index >= 15 is 0 Å². The summed E-state index contributed by atoms with van der Waals surface area (Å²) in [7, 11) is 3.19. The van der Waals surface area contributed by atoms with Gasteiger partial charge < -0.3 is 19.5 Å². The van der Waals surface area contributed by atoms with Gasteiger partial charge in [-0.2, -0.15) is 0 Å². The van der Waals surface area contributed by atoms with E-state index < -0.39 is 0 Å². The Bertz CT molecular complexity index is 816. The fourth-order valence-corrected chi connectivity index (χ4v) is 2.80. The molecule has 6 heteroatoms. The third-order valence-electron chi connectivity index (χ3n) is 3.90. The van der Waals surface area contributed by atoms with E-state index in [1.165, 1.54) is 6.08 Å². The van der Waals surface area contributed by atoms with Crippen molar-refractivity contribution in [2.75, 3.05) is 20.8 Å². The Labute approximate surface area is 171 Å². The van der Waals surface area contributed by atoms with E-state index in [2.05, 4.69) is 5.32 Å². The molecule has 0 heterocycles. The molecule has 0 aliphatic rings. The lowest BCUT2D eigenvalue weighted by Gasteiger charge is -2.15. The van der Waals surface area contributed by atoms with Crippen LogP contribution in [0.1, 0.15) is 25.0 Å². The van der Waals surface area contributed by atoms with Gasteiger partial charge in [0.2, 0.25) is 5.91 Å². The predicted molar refractivity (Wildman–Crippen MR) is 113 cm³/mol. The molecule has 0 atom stereocenters. The fourth-order valence-electron chi connectivity index (χ4n) is 2.54. The number of carbonyl (C=O) groups excluding carboxylic acids is 1. The zero-order chi connectivity index (χ0) is 20.5. The molecule has 0 spiro atoms. The number of benzene rings is 2. The Hall–Kier alpha value is -2.66. The van der Waals surface area contributed by atoms with Crippen LogP contribution in [0.5, 0.6) is 17.2 Å². The Morgan fingerprint density at radius 1 is 1.14 bits per heavy atom. The zero-order valence-electron chi connectivity index (χ0n) is 16.6. The molecular formula is C22H26ClNO4. The van der Waals surface area contributed by atoms with Crippen molar-refractivity contribution < 1.29 is 19.0 Å². The smallest absolute Gasteiger partial charge is 0.244 e. The largest absolute Gasteiger partial charge is 0.497 e. The van der Waals surface area contributed by atoms with Gasteiger partial charge in [0, 0.05) is 12.6 Å². The van der Waals surface area contributed by atoms with Crippen molar-refractivity contribution in [2.45, 2.75) is 26.4 Å². The van der Waals surface area contributed by atoms with E-state index in [1.807, 2.05) is 38.1 Å². The summed E-state index contributed by atoms with van der Waals surface area (Å²) in [6, 6.07) is 11.3. The number of rotatable bonds is 9. The van der Waals surface area contributed by atoms with Gasteiger partial charge in [0.15, 0.2) is 11.5 Å². The monoisotopic (exact) mass is 403 g/mol. The molecule has 5 nitrogen and oxygen atoms in total. The normalized spacial score (nSPS) is 10.9. The van der Waals surface area contributed by atoms with Crippen molar-refractivity contribution in [1.29, 1.82) is 0 Å². The van der Waals surface area contributed by atoms with Crippen LogP contribution in [0.15, 0.2) is 42.5 Å². The summed E-state index contributed by atoms with van der Waals surface area (Å²) in [6.07, 6.45) is 3.88. The lowest BCUT2D eigenvalue weighted by molar-refractivity contribution is -0.116. The van der Waals surface area contributed by atoms with Gasteiger partial charge in [-0.3, -0.25) is 4.79 Å². The number of halogens is 1. The van der Waals surface area contributed by atoms with E-state index in [-0.39, 0.29) is 12.0 Å². The third kappa shape index (κ3) is 6.50. The molecule has 2 rings (SSSR count). The first-order valence-electron chi connectivity index (χ1n) is 9.06. The maximum atomic E-state index is 12.1. The van der Waals surface area contributed by atoms with E-state index in [9.17, 15) is 4.79 Å². The second-order valence-electron chi connectivity index (χ2n) is 6.42. The highest BCUT2D eigenvalue weighted by molar-refractivity contribution is 6.32. The number of ether oxygens (including phenoxy) is 3. The van der Waals surface area contributed by atoms with Crippen molar-refractivity contribution in [3.8, 4) is 17.2 Å². The zero-order valence-corrected chi connectivity index (χ0v) is 17.4. The minimum atomic E-state index is -0.175. The maximum absolute atomic E-state index is 12.1. The van der Waals surface area contributed by atoms with Crippen LogP contribution in [0.2, 0.25) is 5.02 Å². The molecular weight excluding hydrogens is 378 g/mol. The van der Waals surface area contributed by atoms with Crippen LogP contribution in [0.25, 0.3) is 6.08 Å². The van der Waals surface area contributed by atoms with Gasteiger partial charge in [-0.15, -0.1) is 0 Å². The standard InChI is InChI=1S/C22H26ClNO4/c1-15(2)28-22-19(23)13-17(14-20(22)27-4)7-10-21(25)24-12-11-16-5-8-18(26-3)9-6-16/h5-10,13-15H,11-12H2,1-4H3,(H,24,25)/b10-7+. The molecule has 1 N–H and O–H groups in total. The highest BCUT2D eigenvalue weighted by Gasteiger charge is 2.12. The summed E-state index contributed by atoms with van der Waals surface area (Å²) in [5.41, 5.74) is 1.88. The third-order valence-corrected chi connectivity index (χ3v) is 4.19. The second kappa shape index (κ2) is 10.6. The summed E-state index contributed by atoms with van der Waals surface area (Å²) < 4.78 is 16.2. The van der Waals surface area contributed by atoms with Gasteiger partial charge in [-0.25, -0.2) is 0 Å². The molecule has 0 bridgehead atoms. The average molecular weight is 404 g/mol. The average Bonchev–Trinajstić information content (AvgIpc) is 2.68. The Kier molecular flexibility index (Phi) is 8.20. The summed E-state index contributed by atoms with van der Waals surface area (Å²) >= 11 is 6.30. The van der Waals surface area contributed by atoms with E-state index in [0.29, 0.717) is 23.1 Å². The van der Waals surface area contributed by atoms with Gasteiger partial charge >= 0.3 is 0 Å². The van der Waals surface area contributed by atoms with Gasteiger partial charge in [-0.1, -0.05) is 23.7 Å². The first kappa shape index (κ1) is 21.6. The van der Waals surface area contributed by atoms with Crippen LogP contribution in [0.3, 0.4) is 0 Å². The summed E-state index contributed by atoms with van der Waals surface area (Å²) in [6.45, 7) is 4.38. The van der Waals surface area contributed by atoms with Crippen molar-refractivity contribution >= 4 is 23.6 Å². The quantitative estimate of drug-likeness (QED) is 0.625.